The Kier molecular flexibility index (Phi) is 8.24. The van der Waals surface area contributed by atoms with Crippen LogP contribution in [-0.2, 0) is 25.3 Å². The van der Waals surface area contributed by atoms with Crippen molar-refractivity contribution in [2.75, 3.05) is 18.2 Å². The normalized spacial score (nSPS) is 17.9. The lowest BCUT2D eigenvalue weighted by atomic mass is 9.78. The molecule has 0 saturated heterocycles. The molecule has 0 aromatic heterocycles. The molecule has 0 saturated carbocycles. The fraction of sp³-hybridized carbons (Fsp3) is 0.217. The van der Waals surface area contributed by atoms with Crippen molar-refractivity contribution in [3.63, 3.8) is 0 Å². The summed E-state index contributed by atoms with van der Waals surface area (Å²) in [5.74, 6) is -5.03. The molecule has 0 fully saturated rings. The number of ether oxygens (including phenoxy) is 1. The Morgan fingerprint density at radius 2 is 1.91 bits per heavy atom. The monoisotopic (exact) mass is 567 g/mol. The summed E-state index contributed by atoms with van der Waals surface area (Å²) in [4.78, 5) is 37.6. The highest BCUT2D eigenvalue weighted by molar-refractivity contribution is 9.10. The van der Waals surface area contributed by atoms with E-state index in [9.17, 15) is 32.8 Å². The molecule has 182 valence electrons. The molecule has 2 atom stereocenters. The van der Waals surface area contributed by atoms with E-state index in [0.29, 0.717) is 5.56 Å². The largest absolute Gasteiger partial charge is 0.468 e. The Morgan fingerprint density at radius 1 is 1.23 bits per heavy atom. The summed E-state index contributed by atoms with van der Waals surface area (Å²) in [7, 11) is 1.12. The number of nitrogens with zero attached hydrogens (tertiary/aromatic N) is 1. The topological polar surface area (TPSA) is 108 Å². The number of rotatable bonds is 6. The van der Waals surface area contributed by atoms with Crippen LogP contribution in [0.15, 0.2) is 63.6 Å². The summed E-state index contributed by atoms with van der Waals surface area (Å²) in [6.07, 6.45) is -4.70. The lowest BCUT2D eigenvalue weighted by molar-refractivity contribution is -0.150. The molecule has 7 nitrogen and oxygen atoms in total. The summed E-state index contributed by atoms with van der Waals surface area (Å²) >= 11 is 3.74. The molecular formula is C23H17BrF3N3O4S. The molecule has 1 heterocycles. The van der Waals surface area contributed by atoms with Crippen molar-refractivity contribution >= 4 is 51.2 Å². The SMILES string of the molecule is COC(=O)[C@H]1C(=O)NC(SCC(=O)Nc2ccc(Br)cc2C(F)(F)F)=C(C#N)[C@H]1c1ccccc1. The summed E-state index contributed by atoms with van der Waals surface area (Å²) in [6.45, 7) is 0. The van der Waals surface area contributed by atoms with Gasteiger partial charge in [-0.1, -0.05) is 58.0 Å². The minimum Gasteiger partial charge on any atom is -0.468 e. The van der Waals surface area contributed by atoms with Gasteiger partial charge in [0.25, 0.3) is 0 Å². The van der Waals surface area contributed by atoms with Crippen LogP contribution in [0.2, 0.25) is 0 Å². The van der Waals surface area contributed by atoms with Crippen molar-refractivity contribution < 1.29 is 32.3 Å². The Balaban J connectivity index is 1.87. The van der Waals surface area contributed by atoms with Crippen molar-refractivity contribution in [3.8, 4) is 6.07 Å². The van der Waals surface area contributed by atoms with Crippen molar-refractivity contribution in [3.05, 3.63) is 74.7 Å². The molecular weight excluding hydrogens is 551 g/mol. The maximum absolute atomic E-state index is 13.3. The van der Waals surface area contributed by atoms with Crippen LogP contribution < -0.4 is 10.6 Å². The minimum atomic E-state index is -4.70. The third-order valence-corrected chi connectivity index (χ3v) is 6.56. The number of allylic oxidation sites excluding steroid dienone is 1. The van der Waals surface area contributed by atoms with Gasteiger partial charge in [0.2, 0.25) is 11.8 Å². The zero-order chi connectivity index (χ0) is 25.8. The highest BCUT2D eigenvalue weighted by Crippen LogP contribution is 2.40. The minimum absolute atomic E-state index is 0.0311. The molecule has 2 amide bonds. The van der Waals surface area contributed by atoms with E-state index in [1.165, 1.54) is 6.07 Å². The fourth-order valence-electron chi connectivity index (χ4n) is 3.52. The molecule has 3 rings (SSSR count). The summed E-state index contributed by atoms with van der Waals surface area (Å²) in [5.41, 5.74) is -0.912. The predicted octanol–water partition coefficient (Wildman–Crippen LogP) is 4.58. The third kappa shape index (κ3) is 6.04. The molecule has 12 heteroatoms. The van der Waals surface area contributed by atoms with Crippen molar-refractivity contribution in [1.82, 2.24) is 5.32 Å². The lowest BCUT2D eigenvalue weighted by Gasteiger charge is -2.30. The predicted molar refractivity (Wildman–Crippen MR) is 126 cm³/mol. The number of nitriles is 1. The number of alkyl halides is 3. The van der Waals surface area contributed by atoms with Gasteiger partial charge in [0.05, 0.1) is 40.8 Å². The van der Waals surface area contributed by atoms with Crippen LogP contribution in [0.4, 0.5) is 18.9 Å². The molecule has 1 aliphatic rings. The number of methoxy groups -OCH3 is 1. The number of anilines is 1. The standard InChI is InChI=1S/C23H17BrF3N3O4S/c1-34-22(33)19-18(12-5-3-2-4-6-12)14(10-28)21(30-20(19)32)35-11-17(31)29-16-8-7-13(24)9-15(16)23(25,26)27/h2-9,18-19H,11H2,1H3,(H,29,31)(H,30,32)/t18-,19-/m1/s1. The zero-order valence-corrected chi connectivity index (χ0v) is 20.4. The molecule has 35 heavy (non-hydrogen) atoms. The average Bonchev–Trinajstić information content (AvgIpc) is 2.82. The number of hydrogen-bond donors (Lipinski definition) is 2. The second kappa shape index (κ2) is 11.0. The van der Waals surface area contributed by atoms with E-state index in [2.05, 4.69) is 26.6 Å². The van der Waals surface area contributed by atoms with Crippen molar-refractivity contribution in [2.45, 2.75) is 12.1 Å². The van der Waals surface area contributed by atoms with E-state index >= 15 is 0 Å². The van der Waals surface area contributed by atoms with Gasteiger partial charge in [-0.2, -0.15) is 18.4 Å². The Hall–Kier alpha value is -3.30. The van der Waals surface area contributed by atoms with E-state index in [1.807, 2.05) is 6.07 Å². The zero-order valence-electron chi connectivity index (χ0n) is 18.0. The average molecular weight is 568 g/mol. The number of hydrogen-bond acceptors (Lipinski definition) is 6. The highest BCUT2D eigenvalue weighted by atomic mass is 79.9. The highest BCUT2D eigenvalue weighted by Gasteiger charge is 2.44. The van der Waals surface area contributed by atoms with Crippen LogP contribution in [0.3, 0.4) is 0 Å². The van der Waals surface area contributed by atoms with E-state index in [-0.39, 0.29) is 15.1 Å². The quantitative estimate of drug-likeness (QED) is 0.391. The van der Waals surface area contributed by atoms with Gasteiger partial charge < -0.3 is 15.4 Å². The Bertz CT molecular complexity index is 1230. The van der Waals surface area contributed by atoms with Gasteiger partial charge in [0.15, 0.2) is 0 Å². The summed E-state index contributed by atoms with van der Waals surface area (Å²) in [5, 5.41) is 14.6. The Morgan fingerprint density at radius 3 is 2.51 bits per heavy atom. The smallest absolute Gasteiger partial charge is 0.418 e. The Labute approximate surface area is 210 Å². The number of benzene rings is 2. The summed E-state index contributed by atoms with van der Waals surface area (Å²) in [6, 6.07) is 13.7. The van der Waals surface area contributed by atoms with Crippen LogP contribution in [0.5, 0.6) is 0 Å². The maximum Gasteiger partial charge on any atom is 0.418 e. The maximum atomic E-state index is 13.3. The van der Waals surface area contributed by atoms with Crippen LogP contribution in [0.1, 0.15) is 17.0 Å². The van der Waals surface area contributed by atoms with Gasteiger partial charge in [0.1, 0.15) is 5.92 Å². The molecule has 2 aromatic rings. The molecule has 0 unspecified atom stereocenters. The van der Waals surface area contributed by atoms with Crippen LogP contribution in [-0.4, -0.2) is 30.6 Å². The number of amides is 2. The number of carbonyl (C=O) groups excluding carboxylic acids is 3. The second-order valence-corrected chi connectivity index (χ2v) is 9.16. The number of halogens is 4. The van der Waals surface area contributed by atoms with E-state index < -0.39 is 52.8 Å². The first-order valence-electron chi connectivity index (χ1n) is 9.94. The first-order valence-corrected chi connectivity index (χ1v) is 11.7. The van der Waals surface area contributed by atoms with Gasteiger partial charge in [-0.3, -0.25) is 14.4 Å². The molecule has 0 aliphatic carbocycles. The van der Waals surface area contributed by atoms with E-state index in [0.717, 1.165) is 31.0 Å². The van der Waals surface area contributed by atoms with Crippen LogP contribution in [0, 0.1) is 17.2 Å². The molecule has 1 aliphatic heterocycles. The second-order valence-electron chi connectivity index (χ2n) is 7.26. The molecule has 0 bridgehead atoms. The molecule has 2 aromatic carbocycles. The number of esters is 1. The van der Waals surface area contributed by atoms with Gasteiger partial charge >= 0.3 is 12.1 Å². The van der Waals surface area contributed by atoms with Crippen molar-refractivity contribution in [1.29, 1.82) is 5.26 Å². The fourth-order valence-corrected chi connectivity index (χ4v) is 4.73. The van der Waals surface area contributed by atoms with Gasteiger partial charge in [0, 0.05) is 10.4 Å². The molecule has 0 radical (unpaired) electrons. The van der Waals surface area contributed by atoms with E-state index in [4.69, 9.17) is 4.74 Å². The van der Waals surface area contributed by atoms with Gasteiger partial charge in [-0.15, -0.1) is 0 Å². The third-order valence-electron chi connectivity index (χ3n) is 5.05. The molecule has 2 N–H and O–H groups in total. The van der Waals surface area contributed by atoms with E-state index in [1.54, 1.807) is 30.3 Å². The number of carbonyl (C=O) groups is 3. The summed E-state index contributed by atoms with van der Waals surface area (Å²) < 4.78 is 44.9. The molecule has 0 spiro atoms. The van der Waals surface area contributed by atoms with Crippen LogP contribution in [0.25, 0.3) is 0 Å². The number of nitrogens with one attached hydrogen (secondary N) is 2. The van der Waals surface area contributed by atoms with Crippen LogP contribution >= 0.6 is 27.7 Å². The lowest BCUT2D eigenvalue weighted by Crippen LogP contribution is -2.44. The number of thioether (sulfide) groups is 1. The van der Waals surface area contributed by atoms with Crippen molar-refractivity contribution in [2.24, 2.45) is 5.92 Å². The van der Waals surface area contributed by atoms with Gasteiger partial charge in [-0.25, -0.2) is 0 Å². The first kappa shape index (κ1) is 26.3. The first-order chi connectivity index (χ1) is 16.6. The van der Waals surface area contributed by atoms with Gasteiger partial charge in [-0.05, 0) is 23.8 Å².